The first-order valence-electron chi connectivity index (χ1n) is 25.2. The SMILES string of the molecule is CCC(CO)(COC(=O)CCCCCCCCCCCCCCCCCCCCCO)COC(=O)CCCCCCCCCCCCCCCCCCCCCO. The Bertz CT molecular complexity index is 752. The highest BCUT2D eigenvalue weighted by atomic mass is 16.5. The first kappa shape index (κ1) is 55.8. The summed E-state index contributed by atoms with van der Waals surface area (Å²) in [6.07, 6.45) is 49.4. The van der Waals surface area contributed by atoms with Crippen LogP contribution in [0.4, 0.5) is 0 Å². The molecule has 57 heavy (non-hydrogen) atoms. The van der Waals surface area contributed by atoms with Crippen molar-refractivity contribution in [2.75, 3.05) is 33.0 Å². The van der Waals surface area contributed by atoms with E-state index in [1.165, 1.54) is 193 Å². The summed E-state index contributed by atoms with van der Waals surface area (Å²) in [6, 6.07) is 0. The molecule has 7 nitrogen and oxygen atoms in total. The molecule has 0 aromatic rings. The molecule has 0 fully saturated rings. The number of hydrogen-bond donors (Lipinski definition) is 3. The van der Waals surface area contributed by atoms with Crippen molar-refractivity contribution in [3.63, 3.8) is 0 Å². The standard InChI is InChI=1S/C50H98O7/c1-2-50(45-53,46-56-48(54)41-37-33-29-25-21-17-13-9-5-3-7-11-15-19-23-27-31-35-39-43-51)47-57-49(55)42-38-34-30-26-22-18-14-10-6-4-8-12-16-20-24-28-32-36-40-44-52/h51-53H,2-47H2,1H3. The van der Waals surface area contributed by atoms with Crippen LogP contribution < -0.4 is 0 Å². The van der Waals surface area contributed by atoms with E-state index in [2.05, 4.69) is 0 Å². The molecule has 0 aliphatic carbocycles. The molecule has 0 spiro atoms. The lowest BCUT2D eigenvalue weighted by Crippen LogP contribution is -2.37. The van der Waals surface area contributed by atoms with Gasteiger partial charge >= 0.3 is 11.9 Å². The monoisotopic (exact) mass is 811 g/mol. The van der Waals surface area contributed by atoms with Crippen molar-refractivity contribution < 1.29 is 34.4 Å². The third kappa shape index (κ3) is 41.3. The number of ether oxygens (including phenoxy) is 2. The van der Waals surface area contributed by atoms with Gasteiger partial charge in [-0.05, 0) is 32.1 Å². The number of aliphatic hydroxyl groups excluding tert-OH is 3. The predicted molar refractivity (Wildman–Crippen MR) is 241 cm³/mol. The van der Waals surface area contributed by atoms with Crippen molar-refractivity contribution >= 4 is 11.9 Å². The molecular formula is C50H98O7. The highest BCUT2D eigenvalue weighted by molar-refractivity contribution is 5.69. The molecule has 0 aromatic heterocycles. The molecule has 0 aromatic carbocycles. The Hall–Kier alpha value is -1.18. The van der Waals surface area contributed by atoms with E-state index in [1.807, 2.05) is 6.92 Å². The fraction of sp³-hybridized carbons (Fsp3) is 0.960. The van der Waals surface area contributed by atoms with Gasteiger partial charge in [0.25, 0.3) is 0 Å². The number of aliphatic hydroxyl groups is 3. The van der Waals surface area contributed by atoms with E-state index in [0.717, 1.165) is 51.4 Å². The van der Waals surface area contributed by atoms with Gasteiger partial charge in [0.15, 0.2) is 0 Å². The lowest BCUT2D eigenvalue weighted by molar-refractivity contribution is -0.156. The van der Waals surface area contributed by atoms with Crippen LogP contribution in [-0.2, 0) is 19.1 Å². The Morgan fingerprint density at radius 1 is 0.333 bits per heavy atom. The second kappa shape index (κ2) is 45.9. The smallest absolute Gasteiger partial charge is 0.305 e. The van der Waals surface area contributed by atoms with Gasteiger partial charge in [-0.15, -0.1) is 0 Å². The Kier molecular flexibility index (Phi) is 44.9. The van der Waals surface area contributed by atoms with Crippen LogP contribution in [0.5, 0.6) is 0 Å². The van der Waals surface area contributed by atoms with Gasteiger partial charge < -0.3 is 24.8 Å². The van der Waals surface area contributed by atoms with Crippen LogP contribution >= 0.6 is 0 Å². The van der Waals surface area contributed by atoms with E-state index in [0.29, 0.717) is 32.5 Å². The Balaban J connectivity index is 3.62. The van der Waals surface area contributed by atoms with Crippen LogP contribution in [0.25, 0.3) is 0 Å². The Labute approximate surface area is 354 Å². The molecule has 0 amide bonds. The average molecular weight is 811 g/mol. The largest absolute Gasteiger partial charge is 0.465 e. The van der Waals surface area contributed by atoms with E-state index in [-0.39, 0.29) is 31.8 Å². The van der Waals surface area contributed by atoms with E-state index in [4.69, 9.17) is 19.7 Å². The summed E-state index contributed by atoms with van der Waals surface area (Å²) < 4.78 is 11.1. The van der Waals surface area contributed by atoms with Crippen LogP contribution in [0.15, 0.2) is 0 Å². The molecular weight excluding hydrogens is 713 g/mol. The molecule has 0 rings (SSSR count). The van der Waals surface area contributed by atoms with Crippen molar-refractivity contribution in [1.82, 2.24) is 0 Å². The molecule has 7 heteroatoms. The molecule has 340 valence electrons. The first-order valence-corrected chi connectivity index (χ1v) is 25.2. The van der Waals surface area contributed by atoms with Gasteiger partial charge in [0.05, 0.1) is 12.0 Å². The normalized spacial score (nSPS) is 11.7. The number of esters is 2. The zero-order valence-corrected chi connectivity index (χ0v) is 38.0. The fourth-order valence-electron chi connectivity index (χ4n) is 7.83. The summed E-state index contributed by atoms with van der Waals surface area (Å²) in [6.45, 7) is 2.63. The molecule has 0 unspecified atom stereocenters. The minimum atomic E-state index is -0.728. The summed E-state index contributed by atoms with van der Waals surface area (Å²) in [5.41, 5.74) is -0.728. The molecule has 0 aliphatic rings. The van der Waals surface area contributed by atoms with E-state index in [1.54, 1.807) is 0 Å². The van der Waals surface area contributed by atoms with Gasteiger partial charge in [0.1, 0.15) is 13.2 Å². The third-order valence-electron chi connectivity index (χ3n) is 12.2. The number of carbonyl (C=O) groups excluding carboxylic acids is 2. The molecule has 0 saturated carbocycles. The molecule has 0 aliphatic heterocycles. The van der Waals surface area contributed by atoms with Gasteiger partial charge in [-0.25, -0.2) is 0 Å². The van der Waals surface area contributed by atoms with E-state index >= 15 is 0 Å². The van der Waals surface area contributed by atoms with Gasteiger partial charge in [0, 0.05) is 26.1 Å². The Morgan fingerprint density at radius 2 is 0.526 bits per heavy atom. The molecule has 0 saturated heterocycles. The van der Waals surface area contributed by atoms with E-state index in [9.17, 15) is 14.7 Å². The minimum Gasteiger partial charge on any atom is -0.465 e. The second-order valence-corrected chi connectivity index (χ2v) is 17.7. The van der Waals surface area contributed by atoms with Crippen molar-refractivity contribution in [2.45, 2.75) is 270 Å². The lowest BCUT2D eigenvalue weighted by Gasteiger charge is -2.29. The summed E-state index contributed by atoms with van der Waals surface area (Å²) in [7, 11) is 0. The maximum atomic E-state index is 12.4. The van der Waals surface area contributed by atoms with Crippen molar-refractivity contribution in [1.29, 1.82) is 0 Å². The van der Waals surface area contributed by atoms with Gasteiger partial charge in [-0.1, -0.05) is 225 Å². The van der Waals surface area contributed by atoms with Crippen molar-refractivity contribution in [2.24, 2.45) is 5.41 Å². The molecule has 0 radical (unpaired) electrons. The Morgan fingerprint density at radius 3 is 0.702 bits per heavy atom. The van der Waals surface area contributed by atoms with Crippen LogP contribution in [0.2, 0.25) is 0 Å². The van der Waals surface area contributed by atoms with Crippen LogP contribution in [-0.4, -0.2) is 60.3 Å². The number of rotatable bonds is 48. The minimum absolute atomic E-state index is 0.0899. The van der Waals surface area contributed by atoms with Gasteiger partial charge in [-0.3, -0.25) is 9.59 Å². The highest BCUT2D eigenvalue weighted by Crippen LogP contribution is 2.24. The van der Waals surface area contributed by atoms with Crippen molar-refractivity contribution in [3.8, 4) is 0 Å². The topological polar surface area (TPSA) is 113 Å². The van der Waals surface area contributed by atoms with Crippen LogP contribution in [0.1, 0.15) is 270 Å². The van der Waals surface area contributed by atoms with Crippen LogP contribution in [0, 0.1) is 5.41 Å². The molecule has 0 bridgehead atoms. The molecule has 0 heterocycles. The number of unbranched alkanes of at least 4 members (excludes halogenated alkanes) is 36. The molecule has 0 atom stereocenters. The predicted octanol–water partition coefficient (Wildman–Crippen LogP) is 14.1. The second-order valence-electron chi connectivity index (χ2n) is 17.7. The van der Waals surface area contributed by atoms with Crippen LogP contribution in [0.3, 0.4) is 0 Å². The summed E-state index contributed by atoms with van der Waals surface area (Å²) in [4.78, 5) is 24.9. The highest BCUT2D eigenvalue weighted by Gasteiger charge is 2.31. The first-order chi connectivity index (χ1) is 28.0. The maximum absolute atomic E-state index is 12.4. The van der Waals surface area contributed by atoms with Gasteiger partial charge in [0.2, 0.25) is 0 Å². The van der Waals surface area contributed by atoms with E-state index < -0.39 is 5.41 Å². The zero-order chi connectivity index (χ0) is 41.6. The molecule has 3 N–H and O–H groups in total. The average Bonchev–Trinajstić information content (AvgIpc) is 3.22. The van der Waals surface area contributed by atoms with Crippen molar-refractivity contribution in [3.05, 3.63) is 0 Å². The summed E-state index contributed by atoms with van der Waals surface area (Å²) in [5.74, 6) is -0.442. The quantitative estimate of drug-likeness (QED) is 0.0414. The maximum Gasteiger partial charge on any atom is 0.305 e. The number of hydrogen-bond acceptors (Lipinski definition) is 7. The zero-order valence-electron chi connectivity index (χ0n) is 38.0. The summed E-state index contributed by atoms with van der Waals surface area (Å²) in [5, 5.41) is 27.8. The fourth-order valence-corrected chi connectivity index (χ4v) is 7.83. The lowest BCUT2D eigenvalue weighted by atomic mass is 9.88. The summed E-state index contributed by atoms with van der Waals surface area (Å²) >= 11 is 0. The van der Waals surface area contributed by atoms with Gasteiger partial charge in [-0.2, -0.15) is 0 Å². The number of carbonyl (C=O) groups is 2. The third-order valence-corrected chi connectivity index (χ3v) is 12.2.